The molecule has 0 radical (unpaired) electrons. The van der Waals surface area contributed by atoms with Crippen molar-refractivity contribution in [2.24, 2.45) is 0 Å². The fourth-order valence-corrected chi connectivity index (χ4v) is 2.61. The molecule has 1 aromatic carbocycles. The summed E-state index contributed by atoms with van der Waals surface area (Å²) < 4.78 is 0. The van der Waals surface area contributed by atoms with Gasteiger partial charge in [0.05, 0.1) is 11.9 Å². The van der Waals surface area contributed by atoms with Gasteiger partial charge in [0.15, 0.2) is 0 Å². The molecule has 0 atom stereocenters. The number of benzene rings is 1. The van der Waals surface area contributed by atoms with Crippen molar-refractivity contribution in [2.75, 3.05) is 5.32 Å². The molecule has 1 aliphatic carbocycles. The van der Waals surface area contributed by atoms with Crippen molar-refractivity contribution in [3.63, 3.8) is 0 Å². The molecule has 0 aliphatic heterocycles. The van der Waals surface area contributed by atoms with Crippen LogP contribution in [0.25, 0.3) is 10.8 Å². The summed E-state index contributed by atoms with van der Waals surface area (Å²) in [6.45, 7) is 0. The molecule has 0 bridgehead atoms. The van der Waals surface area contributed by atoms with E-state index >= 15 is 0 Å². The first-order valence-corrected chi connectivity index (χ1v) is 6.71. The van der Waals surface area contributed by atoms with E-state index in [-0.39, 0.29) is 0 Å². The zero-order valence-corrected chi connectivity index (χ0v) is 10.8. The Morgan fingerprint density at radius 3 is 2.84 bits per heavy atom. The van der Waals surface area contributed by atoms with Gasteiger partial charge < -0.3 is 10.7 Å². The van der Waals surface area contributed by atoms with Crippen molar-refractivity contribution in [1.82, 2.24) is 4.98 Å². The summed E-state index contributed by atoms with van der Waals surface area (Å²) in [4.78, 5) is 4.29. The molecule has 96 valence electrons. The molecule has 1 aliphatic rings. The van der Waals surface area contributed by atoms with E-state index in [1.807, 2.05) is 24.5 Å². The van der Waals surface area contributed by atoms with E-state index < -0.39 is 0 Å². The molecule has 0 fully saturated rings. The van der Waals surface area contributed by atoms with Crippen LogP contribution in [-0.4, -0.2) is 11.2 Å². The first-order valence-electron chi connectivity index (χ1n) is 6.71. The first kappa shape index (κ1) is 11.9. The minimum absolute atomic E-state index is 1.00. The van der Waals surface area contributed by atoms with Crippen molar-refractivity contribution >= 4 is 22.7 Å². The number of rotatable bonds is 3. The highest BCUT2D eigenvalue weighted by Gasteiger charge is 2.12. The van der Waals surface area contributed by atoms with Crippen LogP contribution in [0, 0.1) is 5.41 Å². The molecule has 3 rings (SSSR count). The molecule has 0 saturated heterocycles. The average molecular weight is 251 g/mol. The number of anilines is 1. The SMILES string of the molecule is N=CC1=C(Nc2cncc3ccccc23)CCCC1. The Bertz CT molecular complexity index is 638. The zero-order chi connectivity index (χ0) is 13.1. The lowest BCUT2D eigenvalue weighted by molar-refractivity contribution is 0.692. The Morgan fingerprint density at radius 2 is 1.95 bits per heavy atom. The van der Waals surface area contributed by atoms with Gasteiger partial charge in [0.2, 0.25) is 0 Å². The number of hydrogen-bond acceptors (Lipinski definition) is 3. The second kappa shape index (κ2) is 5.22. The minimum Gasteiger partial charge on any atom is -0.357 e. The second-order valence-electron chi connectivity index (χ2n) is 4.89. The van der Waals surface area contributed by atoms with Gasteiger partial charge in [-0.2, -0.15) is 0 Å². The fraction of sp³-hybridized carbons (Fsp3) is 0.250. The number of pyridine rings is 1. The highest BCUT2D eigenvalue weighted by atomic mass is 14.9. The summed E-state index contributed by atoms with van der Waals surface area (Å²) in [7, 11) is 0. The third kappa shape index (κ3) is 2.36. The molecule has 0 saturated carbocycles. The van der Waals surface area contributed by atoms with Crippen LogP contribution in [-0.2, 0) is 0 Å². The Morgan fingerprint density at radius 1 is 1.11 bits per heavy atom. The van der Waals surface area contributed by atoms with Gasteiger partial charge >= 0.3 is 0 Å². The van der Waals surface area contributed by atoms with Gasteiger partial charge in [0.1, 0.15) is 0 Å². The molecule has 3 heteroatoms. The number of aromatic nitrogens is 1. The summed E-state index contributed by atoms with van der Waals surface area (Å²) in [5, 5.41) is 13.3. The zero-order valence-electron chi connectivity index (χ0n) is 10.8. The van der Waals surface area contributed by atoms with E-state index in [1.54, 1.807) is 0 Å². The van der Waals surface area contributed by atoms with Crippen LogP contribution in [0.1, 0.15) is 25.7 Å². The number of nitrogens with one attached hydrogen (secondary N) is 2. The van der Waals surface area contributed by atoms with Crippen LogP contribution < -0.4 is 5.32 Å². The van der Waals surface area contributed by atoms with Gasteiger partial charge in [0.25, 0.3) is 0 Å². The van der Waals surface area contributed by atoms with Gasteiger partial charge in [-0.15, -0.1) is 0 Å². The maximum atomic E-state index is 7.52. The Labute approximate surface area is 112 Å². The summed E-state index contributed by atoms with van der Waals surface area (Å²) in [6, 6.07) is 8.24. The third-order valence-corrected chi connectivity index (χ3v) is 3.64. The van der Waals surface area contributed by atoms with Gasteiger partial charge in [-0.3, -0.25) is 4.98 Å². The lowest BCUT2D eigenvalue weighted by atomic mass is 9.96. The van der Waals surface area contributed by atoms with Crippen LogP contribution in [0.4, 0.5) is 5.69 Å². The lowest BCUT2D eigenvalue weighted by Crippen LogP contribution is -2.09. The number of hydrogen-bond donors (Lipinski definition) is 2. The van der Waals surface area contributed by atoms with Crippen LogP contribution in [0.15, 0.2) is 47.9 Å². The van der Waals surface area contributed by atoms with Gasteiger partial charge in [-0.25, -0.2) is 0 Å². The highest BCUT2D eigenvalue weighted by molar-refractivity contribution is 5.93. The molecule has 2 N–H and O–H groups in total. The quantitative estimate of drug-likeness (QED) is 0.806. The molecule has 2 aromatic rings. The first-order chi connectivity index (χ1) is 9.38. The van der Waals surface area contributed by atoms with Crippen LogP contribution in [0.5, 0.6) is 0 Å². The molecule has 0 unspecified atom stereocenters. The van der Waals surface area contributed by atoms with Crippen molar-refractivity contribution < 1.29 is 0 Å². The standard InChI is InChI=1S/C16H17N3/c17-9-12-5-2-4-8-15(12)19-16-11-18-10-13-6-1-3-7-14(13)16/h1,3,6-7,9-11,17,19H,2,4-5,8H2. The largest absolute Gasteiger partial charge is 0.357 e. The van der Waals surface area contributed by atoms with E-state index in [2.05, 4.69) is 22.4 Å². The molecule has 3 nitrogen and oxygen atoms in total. The predicted molar refractivity (Wildman–Crippen MR) is 79.6 cm³/mol. The van der Waals surface area contributed by atoms with Crippen molar-refractivity contribution in [3.8, 4) is 0 Å². The van der Waals surface area contributed by atoms with Gasteiger partial charge in [0, 0.05) is 28.9 Å². The molecule has 1 aromatic heterocycles. The summed E-state index contributed by atoms with van der Waals surface area (Å²) in [6.07, 6.45) is 9.64. The Balaban J connectivity index is 2.01. The molecular formula is C16H17N3. The van der Waals surface area contributed by atoms with Gasteiger partial charge in [-0.05, 0) is 31.3 Å². The van der Waals surface area contributed by atoms with Crippen LogP contribution in [0.2, 0.25) is 0 Å². The van der Waals surface area contributed by atoms with Crippen molar-refractivity contribution in [2.45, 2.75) is 25.7 Å². The van der Waals surface area contributed by atoms with Crippen LogP contribution in [0.3, 0.4) is 0 Å². The molecule has 0 spiro atoms. The summed E-state index contributed by atoms with van der Waals surface area (Å²) in [5.74, 6) is 0. The topological polar surface area (TPSA) is 48.8 Å². The number of fused-ring (bicyclic) bond motifs is 1. The maximum absolute atomic E-state index is 7.52. The molecule has 0 amide bonds. The Hall–Kier alpha value is -2.16. The minimum atomic E-state index is 1.00. The molecular weight excluding hydrogens is 234 g/mol. The third-order valence-electron chi connectivity index (χ3n) is 3.64. The summed E-state index contributed by atoms with van der Waals surface area (Å²) >= 11 is 0. The number of allylic oxidation sites excluding steroid dienone is 2. The predicted octanol–water partition coefficient (Wildman–Crippen LogP) is 4.12. The Kier molecular flexibility index (Phi) is 3.27. The maximum Gasteiger partial charge on any atom is 0.0648 e. The van der Waals surface area contributed by atoms with Crippen molar-refractivity contribution in [3.05, 3.63) is 47.9 Å². The van der Waals surface area contributed by atoms with Crippen molar-refractivity contribution in [1.29, 1.82) is 5.41 Å². The number of nitrogens with zero attached hydrogens (tertiary/aromatic N) is 1. The molecule has 1 heterocycles. The molecule has 19 heavy (non-hydrogen) atoms. The monoisotopic (exact) mass is 251 g/mol. The van der Waals surface area contributed by atoms with E-state index in [0.29, 0.717) is 0 Å². The lowest BCUT2D eigenvalue weighted by Gasteiger charge is -2.20. The smallest absolute Gasteiger partial charge is 0.0648 e. The summed E-state index contributed by atoms with van der Waals surface area (Å²) in [5.41, 5.74) is 3.34. The fourth-order valence-electron chi connectivity index (χ4n) is 2.61. The van der Waals surface area contributed by atoms with Gasteiger partial charge in [-0.1, -0.05) is 24.3 Å². The van der Waals surface area contributed by atoms with E-state index in [0.717, 1.165) is 29.5 Å². The normalized spacial score (nSPS) is 15.6. The average Bonchev–Trinajstić information content (AvgIpc) is 2.48. The second-order valence-corrected chi connectivity index (χ2v) is 4.89. The van der Waals surface area contributed by atoms with E-state index in [9.17, 15) is 0 Å². The van der Waals surface area contributed by atoms with E-state index in [1.165, 1.54) is 30.1 Å². The van der Waals surface area contributed by atoms with E-state index in [4.69, 9.17) is 5.41 Å². The highest BCUT2D eigenvalue weighted by Crippen LogP contribution is 2.28. The van der Waals surface area contributed by atoms with Crippen LogP contribution >= 0.6 is 0 Å².